The van der Waals surface area contributed by atoms with Crippen LogP contribution >= 0.6 is 0 Å². The molecule has 0 unspecified atom stereocenters. The highest BCUT2D eigenvalue weighted by Crippen LogP contribution is 2.10. The van der Waals surface area contributed by atoms with E-state index < -0.39 is 17.5 Å². The Balaban J connectivity index is 0.000000196. The maximum absolute atomic E-state index is 12.1. The molecule has 10 nitrogen and oxygen atoms in total. The Kier molecular flexibility index (Phi) is 7.20. The molecule has 0 aliphatic rings. The predicted molar refractivity (Wildman–Crippen MR) is 126 cm³/mol. The fourth-order valence-electron chi connectivity index (χ4n) is 3.12. The van der Waals surface area contributed by atoms with Gasteiger partial charge in [0.1, 0.15) is 17.0 Å². The van der Waals surface area contributed by atoms with Gasteiger partial charge >= 0.3 is 11.9 Å². The highest BCUT2D eigenvalue weighted by Gasteiger charge is 2.19. The van der Waals surface area contributed by atoms with Gasteiger partial charge in [-0.1, -0.05) is 24.3 Å². The minimum Gasteiger partial charge on any atom is -0.481 e. The summed E-state index contributed by atoms with van der Waals surface area (Å²) in [6.07, 6.45) is -0.488. The summed E-state index contributed by atoms with van der Waals surface area (Å²) >= 11 is 0. The molecule has 0 aliphatic heterocycles. The number of carbonyl (C=O) groups is 2. The molecule has 0 spiro atoms. The molecule has 0 saturated carbocycles. The second-order valence-electron chi connectivity index (χ2n) is 8.42. The molecule has 2 aromatic carbocycles. The maximum Gasteiger partial charge on any atom is 0.312 e. The number of aliphatic carboxylic acids is 1. The minimum absolute atomic E-state index is 0.0289. The summed E-state index contributed by atoms with van der Waals surface area (Å²) in [5, 5.41) is 22.6. The molecule has 0 fully saturated rings. The topological polar surface area (TPSA) is 155 Å². The molecular weight excluding hydrogens is 440 g/mol. The van der Waals surface area contributed by atoms with Crippen molar-refractivity contribution in [3.8, 4) is 0 Å². The minimum atomic E-state index is -1.07. The fourth-order valence-corrected chi connectivity index (χ4v) is 3.12. The first-order chi connectivity index (χ1) is 16.0. The van der Waals surface area contributed by atoms with Gasteiger partial charge in [0.15, 0.2) is 0 Å². The largest absolute Gasteiger partial charge is 0.481 e. The number of H-pyrrole nitrogens is 2. The van der Waals surface area contributed by atoms with E-state index in [4.69, 9.17) is 9.84 Å². The van der Waals surface area contributed by atoms with Gasteiger partial charge in [0.25, 0.3) is 0 Å². The number of carboxylic acid groups (broad SMARTS) is 1. The van der Waals surface area contributed by atoms with Crippen LogP contribution in [0.3, 0.4) is 0 Å². The molecule has 3 N–H and O–H groups in total. The van der Waals surface area contributed by atoms with Crippen LogP contribution in [0.1, 0.15) is 32.2 Å². The van der Waals surface area contributed by atoms with Gasteiger partial charge in [-0.2, -0.15) is 10.2 Å². The number of esters is 1. The second-order valence-corrected chi connectivity index (χ2v) is 8.42. The van der Waals surface area contributed by atoms with Crippen LogP contribution in [0, 0.1) is 0 Å². The fraction of sp³-hybridized carbons (Fsp3) is 0.250. The van der Waals surface area contributed by atoms with Gasteiger partial charge in [-0.15, -0.1) is 0 Å². The zero-order valence-corrected chi connectivity index (χ0v) is 18.9. The first-order valence-corrected chi connectivity index (χ1v) is 10.4. The second kappa shape index (κ2) is 10.1. The van der Waals surface area contributed by atoms with E-state index in [1.54, 1.807) is 63.2 Å². The number of rotatable bonds is 4. The number of carboxylic acids is 1. The van der Waals surface area contributed by atoms with E-state index in [1.165, 1.54) is 0 Å². The number of aromatic nitrogens is 4. The molecule has 176 valence electrons. The number of hydrogen-bond donors (Lipinski definition) is 3. The Morgan fingerprint density at radius 2 is 1.26 bits per heavy atom. The Bertz CT molecular complexity index is 1470. The van der Waals surface area contributed by atoms with Crippen molar-refractivity contribution in [3.05, 3.63) is 80.4 Å². The highest BCUT2D eigenvalue weighted by atomic mass is 16.6. The zero-order valence-electron chi connectivity index (χ0n) is 18.9. The normalized spacial score (nSPS) is 11.0. The van der Waals surface area contributed by atoms with E-state index in [2.05, 4.69) is 20.4 Å². The smallest absolute Gasteiger partial charge is 0.312 e. The zero-order chi connectivity index (χ0) is 24.9. The van der Waals surface area contributed by atoms with E-state index in [1.807, 2.05) is 6.07 Å². The van der Waals surface area contributed by atoms with Crippen LogP contribution in [0.25, 0.3) is 21.8 Å². The Morgan fingerprint density at radius 1 is 0.824 bits per heavy atom. The van der Waals surface area contributed by atoms with Crippen LogP contribution in [0.2, 0.25) is 0 Å². The van der Waals surface area contributed by atoms with Crippen LogP contribution in [0.5, 0.6) is 0 Å². The molecule has 2 heterocycles. The molecule has 0 saturated heterocycles. The van der Waals surface area contributed by atoms with Crippen molar-refractivity contribution in [2.75, 3.05) is 0 Å². The lowest BCUT2D eigenvalue weighted by molar-refractivity contribution is -0.154. The molecule has 2 aromatic heterocycles. The predicted octanol–water partition coefficient (Wildman–Crippen LogP) is 2.36. The molecule has 34 heavy (non-hydrogen) atoms. The number of para-hydroxylation sites is 2. The number of ether oxygens (including phenoxy) is 1. The van der Waals surface area contributed by atoms with Crippen LogP contribution in [-0.4, -0.2) is 43.0 Å². The van der Waals surface area contributed by atoms with Crippen LogP contribution in [-0.2, 0) is 27.2 Å². The van der Waals surface area contributed by atoms with E-state index in [0.29, 0.717) is 21.8 Å². The first kappa shape index (κ1) is 24.3. The SMILES string of the molecule is CC(C)(C)OC(=O)Cc1n[nH]c2ccccc2c1=O.O=C(O)Cc1n[nH]c2ccccc2c1=O. The number of fused-ring (bicyclic) bond motifs is 2. The van der Waals surface area contributed by atoms with Gasteiger partial charge in [0.05, 0.1) is 23.9 Å². The van der Waals surface area contributed by atoms with Crippen LogP contribution < -0.4 is 10.9 Å². The summed E-state index contributed by atoms with van der Waals surface area (Å²) in [6, 6.07) is 13.9. The summed E-state index contributed by atoms with van der Waals surface area (Å²) < 4.78 is 5.18. The standard InChI is InChI=1S/C14H16N2O3.C10H8N2O3/c1-14(2,3)19-12(17)8-11-13(18)9-6-4-5-7-10(9)15-16-11;13-9(14)5-8-10(15)6-3-1-2-4-7(6)11-12-8/h4-7H,8H2,1-3H3,(H,15,18);1-4H,5H2,(H,11,15)(H,13,14). The molecule has 0 bridgehead atoms. The Morgan fingerprint density at radius 3 is 1.71 bits per heavy atom. The quantitative estimate of drug-likeness (QED) is 0.389. The summed E-state index contributed by atoms with van der Waals surface area (Å²) in [5.41, 5.74) is 0.332. The van der Waals surface area contributed by atoms with Crippen molar-refractivity contribution in [1.29, 1.82) is 0 Å². The number of hydrogen-bond acceptors (Lipinski definition) is 7. The number of carbonyl (C=O) groups excluding carboxylic acids is 1. The van der Waals surface area contributed by atoms with Crippen LogP contribution in [0.15, 0.2) is 58.1 Å². The average molecular weight is 464 g/mol. The monoisotopic (exact) mass is 464 g/mol. The van der Waals surface area contributed by atoms with E-state index >= 15 is 0 Å². The molecular formula is C24H24N4O6. The Labute approximate surface area is 193 Å². The van der Waals surface area contributed by atoms with Gasteiger partial charge in [0, 0.05) is 10.8 Å². The van der Waals surface area contributed by atoms with Crippen molar-refractivity contribution < 1.29 is 19.4 Å². The molecule has 0 radical (unpaired) electrons. The maximum atomic E-state index is 12.1. The molecule has 4 aromatic rings. The summed E-state index contributed by atoms with van der Waals surface area (Å²) in [4.78, 5) is 46.0. The average Bonchev–Trinajstić information content (AvgIpc) is 2.77. The summed E-state index contributed by atoms with van der Waals surface area (Å²) in [7, 11) is 0. The Hall–Kier alpha value is -4.34. The van der Waals surface area contributed by atoms with Gasteiger partial charge in [-0.05, 0) is 45.0 Å². The third-order valence-corrected chi connectivity index (χ3v) is 4.54. The van der Waals surface area contributed by atoms with Crippen molar-refractivity contribution in [2.24, 2.45) is 0 Å². The summed E-state index contributed by atoms with van der Waals surface area (Å²) in [5.74, 6) is -1.52. The number of benzene rings is 2. The lowest BCUT2D eigenvalue weighted by atomic mass is 10.1. The van der Waals surface area contributed by atoms with E-state index in [-0.39, 0.29) is 35.1 Å². The van der Waals surface area contributed by atoms with Gasteiger partial charge in [0.2, 0.25) is 10.9 Å². The lowest BCUT2D eigenvalue weighted by Gasteiger charge is -2.19. The molecule has 4 rings (SSSR count). The third kappa shape index (κ3) is 6.12. The van der Waals surface area contributed by atoms with E-state index in [0.717, 1.165) is 0 Å². The van der Waals surface area contributed by atoms with Crippen molar-refractivity contribution in [3.63, 3.8) is 0 Å². The first-order valence-electron chi connectivity index (χ1n) is 10.4. The third-order valence-electron chi connectivity index (χ3n) is 4.54. The van der Waals surface area contributed by atoms with Gasteiger partial charge in [-0.3, -0.25) is 29.4 Å². The van der Waals surface area contributed by atoms with Crippen molar-refractivity contribution in [2.45, 2.75) is 39.2 Å². The number of nitrogens with one attached hydrogen (secondary N) is 2. The van der Waals surface area contributed by atoms with Gasteiger partial charge < -0.3 is 9.84 Å². The highest BCUT2D eigenvalue weighted by molar-refractivity contribution is 5.80. The molecule has 0 aliphatic carbocycles. The molecule has 10 heteroatoms. The van der Waals surface area contributed by atoms with Crippen LogP contribution in [0.4, 0.5) is 0 Å². The lowest BCUT2D eigenvalue weighted by Crippen LogP contribution is -2.27. The molecule has 0 amide bonds. The number of aromatic amines is 2. The number of nitrogens with zero attached hydrogens (tertiary/aromatic N) is 2. The van der Waals surface area contributed by atoms with Crippen molar-refractivity contribution >= 4 is 33.7 Å². The van der Waals surface area contributed by atoms with Gasteiger partial charge in [-0.25, -0.2) is 0 Å². The molecule has 0 atom stereocenters. The summed E-state index contributed by atoms with van der Waals surface area (Å²) in [6.45, 7) is 5.34. The van der Waals surface area contributed by atoms with E-state index in [9.17, 15) is 19.2 Å². The van der Waals surface area contributed by atoms with Crippen molar-refractivity contribution in [1.82, 2.24) is 20.4 Å².